The van der Waals surface area contributed by atoms with Gasteiger partial charge in [0.25, 0.3) is 5.91 Å². The average Bonchev–Trinajstić information content (AvgIpc) is 2.95. The fraction of sp³-hybridized carbons (Fsp3) is 0.600. The molecule has 1 aromatic heterocycles. The van der Waals surface area contributed by atoms with Gasteiger partial charge in [0.2, 0.25) is 5.91 Å². The van der Waals surface area contributed by atoms with Gasteiger partial charge in [0.15, 0.2) is 0 Å². The summed E-state index contributed by atoms with van der Waals surface area (Å²) >= 11 is 1.38. The Morgan fingerprint density at radius 3 is 2.85 bits per heavy atom. The zero-order valence-corrected chi connectivity index (χ0v) is 12.8. The smallest absolute Gasteiger partial charge is 0.261 e. The van der Waals surface area contributed by atoms with Crippen molar-refractivity contribution < 1.29 is 9.59 Å². The molecule has 1 heterocycles. The van der Waals surface area contributed by atoms with Crippen molar-refractivity contribution in [3.05, 3.63) is 22.4 Å². The lowest BCUT2D eigenvalue weighted by atomic mass is 9.78. The van der Waals surface area contributed by atoms with E-state index in [1.54, 1.807) is 6.07 Å². The maximum atomic E-state index is 11.9. The summed E-state index contributed by atoms with van der Waals surface area (Å²) in [5.74, 6) is 0.872. The van der Waals surface area contributed by atoms with Crippen LogP contribution in [0.3, 0.4) is 0 Å². The first-order chi connectivity index (χ1) is 9.58. The van der Waals surface area contributed by atoms with Gasteiger partial charge in [-0.1, -0.05) is 32.8 Å². The van der Waals surface area contributed by atoms with Crippen LogP contribution in [0.15, 0.2) is 17.5 Å². The second-order valence-electron chi connectivity index (χ2n) is 5.60. The third kappa shape index (κ3) is 3.82. The van der Waals surface area contributed by atoms with Crippen molar-refractivity contribution >= 4 is 23.2 Å². The van der Waals surface area contributed by atoms with Crippen molar-refractivity contribution in [3.8, 4) is 0 Å². The van der Waals surface area contributed by atoms with Gasteiger partial charge in [-0.3, -0.25) is 9.59 Å². The molecule has 0 spiro atoms. The number of thiophene rings is 1. The molecule has 1 aliphatic carbocycles. The molecule has 0 unspecified atom stereocenters. The largest absolute Gasteiger partial charge is 0.352 e. The number of nitrogens with one attached hydrogen (secondary N) is 2. The van der Waals surface area contributed by atoms with E-state index >= 15 is 0 Å². The number of hydrogen-bond donors (Lipinski definition) is 2. The first-order valence-corrected chi connectivity index (χ1v) is 8.07. The Morgan fingerprint density at radius 1 is 1.35 bits per heavy atom. The van der Waals surface area contributed by atoms with E-state index < -0.39 is 0 Å². The van der Waals surface area contributed by atoms with Crippen molar-refractivity contribution in [2.24, 2.45) is 11.8 Å². The summed E-state index contributed by atoms with van der Waals surface area (Å²) in [6.07, 6.45) is 3.44. The van der Waals surface area contributed by atoms with Gasteiger partial charge >= 0.3 is 0 Å². The molecule has 0 bridgehead atoms. The standard InChI is InChI=1S/C15H22N2O2S/c1-10-5-3-6-12(11(10)2)17-14(18)9-16-15(19)13-7-4-8-20-13/h4,7-8,10-12H,3,5-6,9H2,1-2H3,(H,16,19)(H,17,18)/t10-,11+,12-/m1/s1. The quantitative estimate of drug-likeness (QED) is 0.896. The van der Waals surface area contributed by atoms with Crippen LogP contribution in [0.5, 0.6) is 0 Å². The molecule has 5 heteroatoms. The van der Waals surface area contributed by atoms with E-state index in [2.05, 4.69) is 24.5 Å². The molecule has 1 fully saturated rings. The molecule has 2 rings (SSSR count). The van der Waals surface area contributed by atoms with Crippen molar-refractivity contribution in [3.63, 3.8) is 0 Å². The van der Waals surface area contributed by atoms with Crippen LogP contribution in [-0.2, 0) is 4.79 Å². The highest BCUT2D eigenvalue weighted by Crippen LogP contribution is 2.29. The van der Waals surface area contributed by atoms with Crippen LogP contribution in [-0.4, -0.2) is 24.4 Å². The molecule has 0 saturated heterocycles. The van der Waals surface area contributed by atoms with E-state index in [-0.39, 0.29) is 24.4 Å². The Kier molecular flexibility index (Phi) is 5.17. The van der Waals surface area contributed by atoms with E-state index in [4.69, 9.17) is 0 Å². The molecule has 1 saturated carbocycles. The van der Waals surface area contributed by atoms with Gasteiger partial charge in [-0.15, -0.1) is 11.3 Å². The Hall–Kier alpha value is -1.36. The molecule has 0 aliphatic heterocycles. The van der Waals surface area contributed by atoms with Crippen LogP contribution >= 0.6 is 11.3 Å². The predicted octanol–water partition coefficient (Wildman–Crippen LogP) is 2.42. The van der Waals surface area contributed by atoms with E-state index in [1.165, 1.54) is 17.8 Å². The fourth-order valence-electron chi connectivity index (χ4n) is 2.70. The van der Waals surface area contributed by atoms with Crippen molar-refractivity contribution in [1.29, 1.82) is 0 Å². The third-order valence-electron chi connectivity index (χ3n) is 4.21. The zero-order chi connectivity index (χ0) is 14.5. The van der Waals surface area contributed by atoms with E-state index in [0.29, 0.717) is 16.7 Å². The van der Waals surface area contributed by atoms with Crippen molar-refractivity contribution in [1.82, 2.24) is 10.6 Å². The normalized spacial score (nSPS) is 26.0. The van der Waals surface area contributed by atoms with Gasteiger partial charge in [-0.05, 0) is 29.7 Å². The summed E-state index contributed by atoms with van der Waals surface area (Å²) in [5, 5.41) is 7.56. The molecule has 2 amide bonds. The molecule has 0 radical (unpaired) electrons. The highest BCUT2D eigenvalue weighted by Gasteiger charge is 2.28. The van der Waals surface area contributed by atoms with Gasteiger partial charge in [-0.25, -0.2) is 0 Å². The highest BCUT2D eigenvalue weighted by atomic mass is 32.1. The first-order valence-electron chi connectivity index (χ1n) is 7.19. The summed E-state index contributed by atoms with van der Waals surface area (Å²) in [7, 11) is 0. The molecular weight excluding hydrogens is 272 g/mol. The summed E-state index contributed by atoms with van der Waals surface area (Å²) < 4.78 is 0. The third-order valence-corrected chi connectivity index (χ3v) is 5.08. The van der Waals surface area contributed by atoms with Gasteiger partial charge in [-0.2, -0.15) is 0 Å². The number of carbonyl (C=O) groups is 2. The summed E-state index contributed by atoms with van der Waals surface area (Å²) in [4.78, 5) is 24.3. The Balaban J connectivity index is 1.76. The lowest BCUT2D eigenvalue weighted by Crippen LogP contribution is -2.47. The van der Waals surface area contributed by atoms with Crippen LogP contribution < -0.4 is 10.6 Å². The monoisotopic (exact) mass is 294 g/mol. The fourth-order valence-corrected chi connectivity index (χ4v) is 3.34. The average molecular weight is 294 g/mol. The molecule has 0 aromatic carbocycles. The molecule has 3 atom stereocenters. The van der Waals surface area contributed by atoms with E-state index in [1.807, 2.05) is 11.4 Å². The molecule has 1 aliphatic rings. The molecule has 2 N–H and O–H groups in total. The molecule has 4 nitrogen and oxygen atoms in total. The second-order valence-corrected chi connectivity index (χ2v) is 6.55. The zero-order valence-electron chi connectivity index (χ0n) is 12.0. The lowest BCUT2D eigenvalue weighted by Gasteiger charge is -2.34. The lowest BCUT2D eigenvalue weighted by molar-refractivity contribution is -0.121. The minimum absolute atomic E-state index is 0.0499. The van der Waals surface area contributed by atoms with Crippen LogP contribution in [0, 0.1) is 11.8 Å². The van der Waals surface area contributed by atoms with Gasteiger partial charge in [0, 0.05) is 6.04 Å². The maximum absolute atomic E-state index is 11.9. The van der Waals surface area contributed by atoms with Crippen molar-refractivity contribution in [2.75, 3.05) is 6.54 Å². The Labute approximate surface area is 124 Å². The SMILES string of the molecule is C[C@H]1[C@H](C)CCC[C@H]1NC(=O)CNC(=O)c1cccs1. The number of rotatable bonds is 4. The minimum Gasteiger partial charge on any atom is -0.352 e. The summed E-state index contributed by atoms with van der Waals surface area (Å²) in [6, 6.07) is 3.82. The minimum atomic E-state index is -0.180. The van der Waals surface area contributed by atoms with Crippen LogP contribution in [0.2, 0.25) is 0 Å². The summed E-state index contributed by atoms with van der Waals surface area (Å²) in [6.45, 7) is 4.48. The molecular formula is C15H22N2O2S. The van der Waals surface area contributed by atoms with E-state index in [9.17, 15) is 9.59 Å². The number of hydrogen-bond acceptors (Lipinski definition) is 3. The Bertz CT molecular complexity index is 458. The van der Waals surface area contributed by atoms with Crippen LogP contribution in [0.1, 0.15) is 42.8 Å². The van der Waals surface area contributed by atoms with Gasteiger partial charge < -0.3 is 10.6 Å². The van der Waals surface area contributed by atoms with Crippen LogP contribution in [0.25, 0.3) is 0 Å². The van der Waals surface area contributed by atoms with Gasteiger partial charge in [0.1, 0.15) is 0 Å². The number of amides is 2. The first kappa shape index (κ1) is 15.0. The molecule has 20 heavy (non-hydrogen) atoms. The van der Waals surface area contributed by atoms with Gasteiger partial charge in [0.05, 0.1) is 11.4 Å². The van der Waals surface area contributed by atoms with Crippen molar-refractivity contribution in [2.45, 2.75) is 39.2 Å². The van der Waals surface area contributed by atoms with E-state index in [0.717, 1.165) is 12.8 Å². The topological polar surface area (TPSA) is 58.2 Å². The predicted molar refractivity (Wildman–Crippen MR) is 80.8 cm³/mol. The maximum Gasteiger partial charge on any atom is 0.261 e. The Morgan fingerprint density at radius 2 is 2.15 bits per heavy atom. The summed E-state index contributed by atoms with van der Waals surface area (Å²) in [5.41, 5.74) is 0. The molecule has 1 aromatic rings. The van der Waals surface area contributed by atoms with Crippen LogP contribution in [0.4, 0.5) is 0 Å². The molecule has 110 valence electrons. The number of carbonyl (C=O) groups excluding carboxylic acids is 2. The second kappa shape index (κ2) is 6.88. The highest BCUT2D eigenvalue weighted by molar-refractivity contribution is 7.12.